The second kappa shape index (κ2) is 9.16. The van der Waals surface area contributed by atoms with Crippen LogP contribution >= 0.6 is 0 Å². The summed E-state index contributed by atoms with van der Waals surface area (Å²) in [6, 6.07) is 5.15. The number of esters is 2. The predicted octanol–water partition coefficient (Wildman–Crippen LogP) is 2.39. The van der Waals surface area contributed by atoms with Crippen LogP contribution in [0.15, 0.2) is 41.0 Å². The zero-order valence-corrected chi connectivity index (χ0v) is 16.7. The van der Waals surface area contributed by atoms with E-state index >= 15 is 0 Å². The highest BCUT2D eigenvalue weighted by Crippen LogP contribution is 2.46. The molecule has 1 atom stereocenters. The maximum Gasteiger partial charge on any atom is 0.340 e. The first kappa shape index (κ1) is 21.1. The van der Waals surface area contributed by atoms with Crippen molar-refractivity contribution >= 4 is 11.9 Å². The number of para-hydroxylation sites is 1. The largest absolute Gasteiger partial charge is 0.493 e. The molecule has 8 heteroatoms. The molecule has 1 aliphatic heterocycles. The van der Waals surface area contributed by atoms with Crippen molar-refractivity contribution in [1.82, 2.24) is 0 Å². The van der Waals surface area contributed by atoms with E-state index in [-0.39, 0.29) is 36.0 Å². The number of carbonyl (C=O) groups excluding carboxylic acids is 2. The highest BCUT2D eigenvalue weighted by molar-refractivity contribution is 5.99. The summed E-state index contributed by atoms with van der Waals surface area (Å²) in [6.07, 6.45) is 0. The van der Waals surface area contributed by atoms with Gasteiger partial charge in [-0.25, -0.2) is 9.59 Å². The molecule has 1 heterocycles. The number of ether oxygens (including phenoxy) is 5. The van der Waals surface area contributed by atoms with E-state index in [2.05, 4.69) is 0 Å². The van der Waals surface area contributed by atoms with Crippen molar-refractivity contribution in [2.45, 2.75) is 26.7 Å². The van der Waals surface area contributed by atoms with Crippen LogP contribution in [0.3, 0.4) is 0 Å². The summed E-state index contributed by atoms with van der Waals surface area (Å²) < 4.78 is 26.7. The van der Waals surface area contributed by atoms with Crippen LogP contribution in [0.4, 0.5) is 0 Å². The summed E-state index contributed by atoms with van der Waals surface area (Å²) in [4.78, 5) is 25.4. The van der Waals surface area contributed by atoms with Crippen molar-refractivity contribution in [3.63, 3.8) is 0 Å². The van der Waals surface area contributed by atoms with Crippen LogP contribution in [0.5, 0.6) is 11.5 Å². The van der Waals surface area contributed by atoms with E-state index < -0.39 is 17.9 Å². The van der Waals surface area contributed by atoms with Crippen molar-refractivity contribution < 1.29 is 33.3 Å². The van der Waals surface area contributed by atoms with Gasteiger partial charge in [0.15, 0.2) is 11.5 Å². The minimum absolute atomic E-state index is 0.00190. The number of methoxy groups -OCH3 is 2. The lowest BCUT2D eigenvalue weighted by Crippen LogP contribution is -2.30. The van der Waals surface area contributed by atoms with Gasteiger partial charge >= 0.3 is 11.9 Å². The van der Waals surface area contributed by atoms with Gasteiger partial charge in [-0.3, -0.25) is 0 Å². The molecular weight excluding hydrogens is 366 g/mol. The van der Waals surface area contributed by atoms with Crippen LogP contribution in [0.1, 0.15) is 32.3 Å². The molecule has 0 saturated heterocycles. The number of hydrogen-bond donors (Lipinski definition) is 1. The molecular formula is C20H25NO7. The molecule has 0 bridgehead atoms. The molecule has 2 rings (SSSR count). The fraction of sp³-hybridized carbons (Fsp3) is 0.400. The minimum Gasteiger partial charge on any atom is -0.493 e. The van der Waals surface area contributed by atoms with E-state index in [9.17, 15) is 9.59 Å². The Morgan fingerprint density at radius 2 is 1.64 bits per heavy atom. The molecule has 1 aromatic rings. The van der Waals surface area contributed by atoms with Crippen LogP contribution in [0, 0.1) is 0 Å². The number of carbonyl (C=O) groups is 2. The zero-order chi connectivity index (χ0) is 20.8. The molecule has 8 nitrogen and oxygen atoms in total. The Labute approximate surface area is 163 Å². The number of nitrogens with two attached hydrogens (primary N) is 1. The number of rotatable bonds is 7. The van der Waals surface area contributed by atoms with E-state index in [1.807, 2.05) is 0 Å². The van der Waals surface area contributed by atoms with E-state index in [1.54, 1.807) is 39.0 Å². The van der Waals surface area contributed by atoms with Crippen molar-refractivity contribution in [3.8, 4) is 11.5 Å². The third-order valence-electron chi connectivity index (χ3n) is 4.22. The maximum atomic E-state index is 12.7. The maximum absolute atomic E-state index is 12.7. The van der Waals surface area contributed by atoms with Crippen LogP contribution in [-0.2, 0) is 23.8 Å². The molecule has 0 amide bonds. The highest BCUT2D eigenvalue weighted by atomic mass is 16.5. The lowest BCUT2D eigenvalue weighted by atomic mass is 9.82. The van der Waals surface area contributed by atoms with E-state index in [0.29, 0.717) is 17.1 Å². The van der Waals surface area contributed by atoms with Crippen LogP contribution < -0.4 is 15.2 Å². The topological polar surface area (TPSA) is 106 Å². The average Bonchev–Trinajstić information content (AvgIpc) is 2.66. The zero-order valence-electron chi connectivity index (χ0n) is 16.7. The highest BCUT2D eigenvalue weighted by Gasteiger charge is 2.41. The Hall–Kier alpha value is -3.16. The average molecular weight is 391 g/mol. The second-order valence-corrected chi connectivity index (χ2v) is 5.81. The van der Waals surface area contributed by atoms with Gasteiger partial charge < -0.3 is 29.4 Å². The molecule has 0 saturated carbocycles. The predicted molar refractivity (Wildman–Crippen MR) is 101 cm³/mol. The first-order valence-corrected chi connectivity index (χ1v) is 8.84. The molecule has 0 radical (unpaired) electrons. The number of hydrogen-bond acceptors (Lipinski definition) is 8. The Morgan fingerprint density at radius 3 is 2.18 bits per heavy atom. The Kier molecular flexibility index (Phi) is 6.92. The summed E-state index contributed by atoms with van der Waals surface area (Å²) >= 11 is 0. The van der Waals surface area contributed by atoms with E-state index in [4.69, 9.17) is 29.4 Å². The molecule has 0 unspecified atom stereocenters. The molecule has 1 aliphatic rings. The summed E-state index contributed by atoms with van der Waals surface area (Å²) in [5, 5.41) is 0. The Bertz CT molecular complexity index is 786. The third-order valence-corrected chi connectivity index (χ3v) is 4.22. The molecule has 0 aliphatic carbocycles. The normalized spacial score (nSPS) is 16.4. The van der Waals surface area contributed by atoms with Crippen molar-refractivity contribution in [3.05, 3.63) is 46.6 Å². The van der Waals surface area contributed by atoms with Gasteiger partial charge in [-0.2, -0.15) is 0 Å². The lowest BCUT2D eigenvalue weighted by Gasteiger charge is -2.29. The standard InChI is InChI=1S/C20H25NO7/c1-6-26-19(22)14-11(3)28-18(21)16(20(23)27-7-2)15(14)12-9-8-10-13(24-4)17(12)25-5/h8-10,15H,6-7,21H2,1-5H3/t15-/m0/s1. The fourth-order valence-electron chi connectivity index (χ4n) is 3.11. The quantitative estimate of drug-likeness (QED) is 0.706. The first-order chi connectivity index (χ1) is 13.4. The number of benzene rings is 1. The van der Waals surface area contributed by atoms with Gasteiger partial charge in [-0.1, -0.05) is 12.1 Å². The van der Waals surface area contributed by atoms with E-state index in [0.717, 1.165) is 0 Å². The van der Waals surface area contributed by atoms with Crippen molar-refractivity contribution in [2.75, 3.05) is 27.4 Å². The third kappa shape index (κ3) is 3.90. The molecule has 0 fully saturated rings. The molecule has 0 spiro atoms. The second-order valence-electron chi connectivity index (χ2n) is 5.81. The van der Waals surface area contributed by atoms with Crippen LogP contribution in [-0.4, -0.2) is 39.4 Å². The van der Waals surface area contributed by atoms with Gasteiger partial charge in [0.2, 0.25) is 5.88 Å². The van der Waals surface area contributed by atoms with Crippen LogP contribution in [0.25, 0.3) is 0 Å². The fourth-order valence-corrected chi connectivity index (χ4v) is 3.11. The van der Waals surface area contributed by atoms with Gasteiger partial charge in [-0.15, -0.1) is 0 Å². The minimum atomic E-state index is -0.906. The van der Waals surface area contributed by atoms with Crippen LogP contribution in [0.2, 0.25) is 0 Å². The molecule has 1 aromatic carbocycles. The summed E-state index contributed by atoms with van der Waals surface area (Å²) in [5.74, 6) is -1.32. The lowest BCUT2D eigenvalue weighted by molar-refractivity contribution is -0.140. The Balaban J connectivity index is 2.77. The SMILES string of the molecule is CCOC(=O)C1=C(C)OC(N)=C(C(=O)OCC)[C@H]1c1cccc(OC)c1OC. The van der Waals surface area contributed by atoms with Gasteiger partial charge in [0, 0.05) is 5.56 Å². The van der Waals surface area contributed by atoms with Gasteiger partial charge in [-0.05, 0) is 26.8 Å². The smallest absolute Gasteiger partial charge is 0.340 e. The van der Waals surface area contributed by atoms with Gasteiger partial charge in [0.05, 0.1) is 38.9 Å². The van der Waals surface area contributed by atoms with Crippen molar-refractivity contribution in [2.24, 2.45) is 5.73 Å². The monoisotopic (exact) mass is 391 g/mol. The van der Waals surface area contributed by atoms with Gasteiger partial charge in [0.1, 0.15) is 11.3 Å². The molecule has 2 N–H and O–H groups in total. The summed E-state index contributed by atoms with van der Waals surface area (Å²) in [6.45, 7) is 5.24. The Morgan fingerprint density at radius 1 is 1.04 bits per heavy atom. The summed E-state index contributed by atoms with van der Waals surface area (Å²) in [5.41, 5.74) is 6.67. The van der Waals surface area contributed by atoms with Gasteiger partial charge in [0.25, 0.3) is 0 Å². The first-order valence-electron chi connectivity index (χ1n) is 8.84. The molecule has 0 aromatic heterocycles. The molecule has 28 heavy (non-hydrogen) atoms. The molecule has 152 valence electrons. The summed E-state index contributed by atoms with van der Waals surface area (Å²) in [7, 11) is 2.97. The van der Waals surface area contributed by atoms with Crippen molar-refractivity contribution in [1.29, 1.82) is 0 Å². The number of allylic oxidation sites excluding steroid dienone is 1. The van der Waals surface area contributed by atoms with E-state index in [1.165, 1.54) is 14.2 Å².